The Hall–Kier alpha value is -2.25. The Labute approximate surface area is 158 Å². The van der Waals surface area contributed by atoms with Gasteiger partial charge in [-0.3, -0.25) is 9.10 Å². The van der Waals surface area contributed by atoms with Gasteiger partial charge in [-0.2, -0.15) is 0 Å². The summed E-state index contributed by atoms with van der Waals surface area (Å²) in [5.41, 5.74) is 2.05. The third kappa shape index (κ3) is 5.37. The fraction of sp³-hybridized carbons (Fsp3) is 0.278. The first-order chi connectivity index (χ1) is 12.2. The summed E-state index contributed by atoms with van der Waals surface area (Å²) >= 11 is 5.83. The van der Waals surface area contributed by atoms with Crippen LogP contribution in [0.15, 0.2) is 42.5 Å². The van der Waals surface area contributed by atoms with Crippen LogP contribution in [0.25, 0.3) is 0 Å². The number of nitrogens with one attached hydrogen (secondary N) is 1. The minimum Gasteiger partial charge on any atom is -0.495 e. The molecule has 0 aliphatic rings. The summed E-state index contributed by atoms with van der Waals surface area (Å²) in [6.45, 7) is 1.77. The predicted octanol–water partition coefficient (Wildman–Crippen LogP) is 2.74. The van der Waals surface area contributed by atoms with Gasteiger partial charge >= 0.3 is 0 Å². The van der Waals surface area contributed by atoms with Gasteiger partial charge in [0.25, 0.3) is 0 Å². The van der Waals surface area contributed by atoms with Crippen LogP contribution in [0, 0.1) is 6.92 Å². The van der Waals surface area contributed by atoms with Crippen LogP contribution in [0.2, 0.25) is 5.02 Å². The molecule has 0 aliphatic carbocycles. The molecule has 0 fully saturated rings. The molecule has 0 saturated carbocycles. The maximum absolute atomic E-state index is 12.3. The van der Waals surface area contributed by atoms with Gasteiger partial charge in [-0.15, -0.1) is 0 Å². The van der Waals surface area contributed by atoms with E-state index in [-0.39, 0.29) is 13.1 Å². The van der Waals surface area contributed by atoms with Crippen molar-refractivity contribution in [1.29, 1.82) is 0 Å². The smallest absolute Gasteiger partial charge is 0.241 e. The predicted molar refractivity (Wildman–Crippen MR) is 103 cm³/mol. The largest absolute Gasteiger partial charge is 0.495 e. The number of hydrogen-bond acceptors (Lipinski definition) is 4. The average molecular weight is 397 g/mol. The first-order valence-corrected chi connectivity index (χ1v) is 10.1. The molecule has 1 amide bonds. The van der Waals surface area contributed by atoms with E-state index in [2.05, 4.69) is 5.32 Å². The first-order valence-electron chi connectivity index (χ1n) is 7.84. The van der Waals surface area contributed by atoms with Crippen molar-refractivity contribution < 1.29 is 17.9 Å². The molecule has 0 bridgehead atoms. The van der Waals surface area contributed by atoms with Crippen molar-refractivity contribution in [3.8, 4) is 5.75 Å². The number of carbonyl (C=O) groups excluding carboxylic acids is 1. The lowest BCUT2D eigenvalue weighted by molar-refractivity contribution is -0.119. The lowest BCUT2D eigenvalue weighted by Crippen LogP contribution is -2.40. The molecule has 0 atom stereocenters. The number of amides is 1. The molecule has 2 aromatic rings. The molecule has 6 nitrogen and oxygen atoms in total. The zero-order valence-corrected chi connectivity index (χ0v) is 16.4. The van der Waals surface area contributed by atoms with E-state index >= 15 is 0 Å². The summed E-state index contributed by atoms with van der Waals surface area (Å²) in [6, 6.07) is 12.2. The molecule has 1 N–H and O–H groups in total. The second kappa shape index (κ2) is 8.42. The van der Waals surface area contributed by atoms with E-state index < -0.39 is 15.9 Å². The van der Waals surface area contributed by atoms with Crippen LogP contribution in [-0.2, 0) is 21.4 Å². The lowest BCUT2D eigenvalue weighted by atomic mass is 10.2. The van der Waals surface area contributed by atoms with Gasteiger partial charge in [0.15, 0.2) is 0 Å². The van der Waals surface area contributed by atoms with E-state index in [1.807, 2.05) is 13.0 Å². The van der Waals surface area contributed by atoms with E-state index in [1.54, 1.807) is 36.4 Å². The van der Waals surface area contributed by atoms with Crippen LogP contribution in [0.5, 0.6) is 5.75 Å². The van der Waals surface area contributed by atoms with Gasteiger partial charge in [-0.1, -0.05) is 29.8 Å². The van der Waals surface area contributed by atoms with Crippen molar-refractivity contribution in [3.05, 3.63) is 58.6 Å². The van der Waals surface area contributed by atoms with Gasteiger partial charge in [0.1, 0.15) is 12.3 Å². The number of hydrogen-bond donors (Lipinski definition) is 1. The quantitative estimate of drug-likeness (QED) is 0.780. The van der Waals surface area contributed by atoms with E-state index in [0.717, 1.165) is 21.7 Å². The van der Waals surface area contributed by atoms with Gasteiger partial charge in [0, 0.05) is 11.6 Å². The third-order valence-electron chi connectivity index (χ3n) is 3.69. The Balaban J connectivity index is 2.17. The van der Waals surface area contributed by atoms with Crippen molar-refractivity contribution in [2.45, 2.75) is 13.5 Å². The molecule has 8 heteroatoms. The van der Waals surface area contributed by atoms with Gasteiger partial charge < -0.3 is 10.1 Å². The zero-order chi connectivity index (χ0) is 19.3. The first kappa shape index (κ1) is 20.1. The van der Waals surface area contributed by atoms with Crippen molar-refractivity contribution in [2.24, 2.45) is 0 Å². The maximum Gasteiger partial charge on any atom is 0.241 e. The van der Waals surface area contributed by atoms with Crippen molar-refractivity contribution in [2.75, 3.05) is 24.2 Å². The van der Waals surface area contributed by atoms with Gasteiger partial charge in [-0.25, -0.2) is 8.42 Å². The van der Waals surface area contributed by atoms with E-state index in [0.29, 0.717) is 16.5 Å². The standard InChI is InChI=1S/C18H21ClN2O4S/c1-13-4-9-17(25-2)16(10-13)21(26(3,23)24)12-18(22)20-11-14-5-7-15(19)8-6-14/h4-10H,11-12H2,1-3H3,(H,20,22). The van der Waals surface area contributed by atoms with Gasteiger partial charge in [-0.05, 0) is 42.3 Å². The van der Waals surface area contributed by atoms with Crippen LogP contribution in [-0.4, -0.2) is 34.2 Å². The zero-order valence-electron chi connectivity index (χ0n) is 14.8. The minimum absolute atomic E-state index is 0.276. The highest BCUT2D eigenvalue weighted by molar-refractivity contribution is 7.92. The molecule has 0 heterocycles. The minimum atomic E-state index is -3.68. The number of anilines is 1. The Morgan fingerprint density at radius 1 is 1.19 bits per heavy atom. The number of halogens is 1. The monoisotopic (exact) mass is 396 g/mol. The molecule has 2 aromatic carbocycles. The summed E-state index contributed by atoms with van der Waals surface area (Å²) in [4.78, 5) is 12.3. The fourth-order valence-corrected chi connectivity index (χ4v) is 3.34. The van der Waals surface area contributed by atoms with Crippen LogP contribution >= 0.6 is 11.6 Å². The average Bonchev–Trinajstić information content (AvgIpc) is 2.58. The molecule has 2 rings (SSSR count). The number of carbonyl (C=O) groups is 1. The summed E-state index contributed by atoms with van der Waals surface area (Å²) in [7, 11) is -2.22. The van der Waals surface area contributed by atoms with Crippen molar-refractivity contribution in [1.82, 2.24) is 5.32 Å². The number of rotatable bonds is 7. The molecule has 0 radical (unpaired) electrons. The van der Waals surface area contributed by atoms with Crippen molar-refractivity contribution >= 4 is 33.2 Å². The third-order valence-corrected chi connectivity index (χ3v) is 5.07. The molecular formula is C18H21ClN2O4S. The summed E-state index contributed by atoms with van der Waals surface area (Å²) in [5.74, 6) is -0.0412. The molecule has 26 heavy (non-hydrogen) atoms. The van der Waals surface area contributed by atoms with E-state index in [9.17, 15) is 13.2 Å². The normalized spacial score (nSPS) is 11.1. The Morgan fingerprint density at radius 2 is 1.85 bits per heavy atom. The maximum atomic E-state index is 12.3. The van der Waals surface area contributed by atoms with Gasteiger partial charge in [0.05, 0.1) is 19.1 Å². The van der Waals surface area contributed by atoms with Crippen LogP contribution in [0.1, 0.15) is 11.1 Å². The van der Waals surface area contributed by atoms with Crippen LogP contribution in [0.4, 0.5) is 5.69 Å². The highest BCUT2D eigenvalue weighted by Gasteiger charge is 2.24. The second-order valence-corrected chi connectivity index (χ2v) is 8.19. The molecular weight excluding hydrogens is 376 g/mol. The number of methoxy groups -OCH3 is 1. The Kier molecular flexibility index (Phi) is 6.50. The lowest BCUT2D eigenvalue weighted by Gasteiger charge is -2.24. The number of aryl methyl sites for hydroxylation is 1. The number of ether oxygens (including phenoxy) is 1. The number of nitrogens with zero attached hydrogens (tertiary/aromatic N) is 1. The van der Waals surface area contributed by atoms with Crippen molar-refractivity contribution in [3.63, 3.8) is 0 Å². The number of sulfonamides is 1. The topological polar surface area (TPSA) is 75.7 Å². The molecule has 0 spiro atoms. The SMILES string of the molecule is COc1ccc(C)cc1N(CC(=O)NCc1ccc(Cl)cc1)S(C)(=O)=O. The summed E-state index contributed by atoms with van der Waals surface area (Å²) < 4.78 is 30.8. The molecule has 0 unspecified atom stereocenters. The van der Waals surface area contributed by atoms with Crippen LogP contribution < -0.4 is 14.4 Å². The summed E-state index contributed by atoms with van der Waals surface area (Å²) in [5, 5.41) is 3.32. The summed E-state index contributed by atoms with van der Waals surface area (Å²) in [6.07, 6.45) is 1.06. The Morgan fingerprint density at radius 3 is 2.42 bits per heavy atom. The van der Waals surface area contributed by atoms with Crippen LogP contribution in [0.3, 0.4) is 0 Å². The van der Waals surface area contributed by atoms with Gasteiger partial charge in [0.2, 0.25) is 15.9 Å². The highest BCUT2D eigenvalue weighted by atomic mass is 35.5. The molecule has 0 aliphatic heterocycles. The number of benzene rings is 2. The Bertz CT molecular complexity index is 883. The van der Waals surface area contributed by atoms with E-state index in [4.69, 9.17) is 16.3 Å². The molecule has 0 saturated heterocycles. The molecule has 140 valence electrons. The molecule has 0 aromatic heterocycles. The van der Waals surface area contributed by atoms with E-state index in [1.165, 1.54) is 7.11 Å². The highest BCUT2D eigenvalue weighted by Crippen LogP contribution is 2.30. The fourth-order valence-electron chi connectivity index (χ4n) is 2.37. The second-order valence-electron chi connectivity index (χ2n) is 5.85.